The highest BCUT2D eigenvalue weighted by molar-refractivity contribution is 7.93. The first-order valence-corrected chi connectivity index (χ1v) is 28.4. The maximum atomic E-state index is 15.6. The van der Waals surface area contributed by atoms with Crippen LogP contribution in [0.5, 0.6) is 0 Å². The average Bonchev–Trinajstić information content (AvgIpc) is 3.62. The number of hydrogen-bond donors (Lipinski definition) is 4. The van der Waals surface area contributed by atoms with Crippen molar-refractivity contribution in [3.63, 3.8) is 0 Å². The van der Waals surface area contributed by atoms with E-state index in [1.807, 2.05) is 0 Å². The number of alkyl halides is 8. The van der Waals surface area contributed by atoms with Gasteiger partial charge in [0.05, 0.1) is 33.9 Å². The summed E-state index contributed by atoms with van der Waals surface area (Å²) in [5.41, 5.74) is -6.29. The van der Waals surface area contributed by atoms with Gasteiger partial charge in [0.2, 0.25) is 28.6 Å². The number of pyridine rings is 1. The van der Waals surface area contributed by atoms with Crippen molar-refractivity contribution in [2.24, 2.45) is 5.92 Å². The van der Waals surface area contributed by atoms with Crippen molar-refractivity contribution in [1.29, 1.82) is 0 Å². The molecule has 2 aliphatic rings. The number of phosphoric acid groups is 1. The van der Waals surface area contributed by atoms with Gasteiger partial charge in [0.1, 0.15) is 40.9 Å². The van der Waals surface area contributed by atoms with Gasteiger partial charge in [-0.15, -0.1) is 0 Å². The third-order valence-electron chi connectivity index (χ3n) is 12.3. The number of alkyl carbamates (subject to hydrolysis) is 1. The quantitative estimate of drug-likeness (QED) is 0.0223. The molecule has 5 aromatic rings. The van der Waals surface area contributed by atoms with Crippen LogP contribution in [-0.2, 0) is 74.9 Å². The van der Waals surface area contributed by atoms with Crippen LogP contribution in [0.4, 0.5) is 54.5 Å². The van der Waals surface area contributed by atoms with Gasteiger partial charge in [0.25, 0.3) is 5.92 Å². The Hall–Kier alpha value is -6.36. The standard InChI is InChI=1S/C45H42ClF10N8O12PS2/c1-42(2,78(3,71)72)12-11-25-7-8-26(36(58-25)31(16-22-14-23(47)17-24(48)15-22)59-32(65)19-62-39-34(38(60-62)45(54,55)56)28-18-29(28)44(39,52)53)27-9-10-30(46)35-37(27)63(20-43(49,50)51)61-40(35)64(79(4,73)74)33(66)6-5-13-57-41(67)75-21-76-77(68,69)70/h7-10,14-15,17,28-29,31H,5-6,13,16,18-21H2,1-4H3,(H,57,67)(H,59,65)(H2,68,69,70)/t28-,29?,31-/m0/s1. The Kier molecular flexibility index (Phi) is 16.5. The second-order valence-corrected chi connectivity index (χ2v) is 24.7. The maximum absolute atomic E-state index is 15.6. The number of nitrogens with zero attached hydrogens (tertiary/aromatic N) is 6. The van der Waals surface area contributed by atoms with Crippen molar-refractivity contribution in [2.75, 3.05) is 30.2 Å². The lowest BCUT2D eigenvalue weighted by Gasteiger charge is -2.23. The highest BCUT2D eigenvalue weighted by Crippen LogP contribution is 2.68. The van der Waals surface area contributed by atoms with Gasteiger partial charge in [-0.3, -0.25) is 19.0 Å². The van der Waals surface area contributed by atoms with Crippen molar-refractivity contribution in [2.45, 2.75) is 87.6 Å². The largest absolute Gasteiger partial charge is 0.472 e. The topological polar surface area (TPSA) is 271 Å². The van der Waals surface area contributed by atoms with Gasteiger partial charge in [-0.1, -0.05) is 23.6 Å². The van der Waals surface area contributed by atoms with E-state index in [2.05, 4.69) is 46.9 Å². The molecule has 2 aromatic carbocycles. The molecule has 34 heteroatoms. The van der Waals surface area contributed by atoms with E-state index in [0.29, 0.717) is 12.3 Å². The number of nitrogens with one attached hydrogen (secondary N) is 2. The number of rotatable bonds is 18. The lowest BCUT2D eigenvalue weighted by Crippen LogP contribution is -2.37. The zero-order valence-electron chi connectivity index (χ0n) is 41.0. The second kappa shape index (κ2) is 21.6. The molecule has 79 heavy (non-hydrogen) atoms. The minimum atomic E-state index is -5.25. The number of benzene rings is 2. The SMILES string of the molecule is CC(C)(C#Cc1ccc(-c2ccc(Cl)c3c(N(C(=O)CCCNC(=O)OCOP(=O)(O)O)S(C)(=O)=O)nn(CC(F)(F)F)c23)c([C@H](Cc2cc(F)cc(F)c2)NC(=O)Cn2nc(C(F)(F)F)c3c2C(F)(F)C2C[C@H]32)n1)S(C)(=O)=O. The van der Waals surface area contributed by atoms with Crippen molar-refractivity contribution in [3.8, 4) is 23.0 Å². The Labute approximate surface area is 446 Å². The van der Waals surface area contributed by atoms with Gasteiger partial charge in [-0.05, 0) is 80.8 Å². The van der Waals surface area contributed by atoms with Gasteiger partial charge in [0.15, 0.2) is 21.3 Å². The number of halogens is 11. The molecule has 3 atom stereocenters. The molecule has 0 saturated heterocycles. The zero-order valence-corrected chi connectivity index (χ0v) is 44.3. The lowest BCUT2D eigenvalue weighted by molar-refractivity contribution is -0.143. The van der Waals surface area contributed by atoms with Crippen LogP contribution in [0.1, 0.15) is 79.0 Å². The van der Waals surface area contributed by atoms with Crippen LogP contribution in [0.2, 0.25) is 5.02 Å². The molecule has 3 amide bonds. The monoisotopic (exact) mass is 1210 g/mol. The summed E-state index contributed by atoms with van der Waals surface area (Å²) in [5, 5.41) is 10.6. The van der Waals surface area contributed by atoms with E-state index >= 15 is 8.78 Å². The number of phosphoric ester groups is 1. The van der Waals surface area contributed by atoms with E-state index in [1.54, 1.807) is 0 Å². The van der Waals surface area contributed by atoms with Gasteiger partial charge in [0, 0.05) is 47.9 Å². The maximum Gasteiger partial charge on any atom is 0.472 e. The number of aromatic nitrogens is 5. The van der Waals surface area contributed by atoms with Gasteiger partial charge < -0.3 is 25.2 Å². The van der Waals surface area contributed by atoms with E-state index in [-0.39, 0.29) is 36.9 Å². The molecule has 20 nitrogen and oxygen atoms in total. The summed E-state index contributed by atoms with van der Waals surface area (Å²) in [7, 11) is -13.9. The molecule has 7 rings (SSSR count). The number of ether oxygens (including phenoxy) is 1. The molecule has 428 valence electrons. The predicted octanol–water partition coefficient (Wildman–Crippen LogP) is 7.16. The molecule has 0 radical (unpaired) electrons. The first kappa shape index (κ1) is 60.3. The molecular weight excluding hydrogens is 1170 g/mol. The van der Waals surface area contributed by atoms with Crippen LogP contribution in [0.15, 0.2) is 42.5 Å². The number of carbonyl (C=O) groups is 3. The van der Waals surface area contributed by atoms with Crippen LogP contribution < -0.4 is 14.9 Å². The Morgan fingerprint density at radius 2 is 1.62 bits per heavy atom. The van der Waals surface area contributed by atoms with Crippen LogP contribution in [0.3, 0.4) is 0 Å². The molecule has 3 aromatic heterocycles. The predicted molar refractivity (Wildman–Crippen MR) is 257 cm³/mol. The smallest absolute Gasteiger partial charge is 0.422 e. The third kappa shape index (κ3) is 13.6. The Morgan fingerprint density at radius 1 is 0.975 bits per heavy atom. The Morgan fingerprint density at radius 3 is 2.22 bits per heavy atom. The van der Waals surface area contributed by atoms with Gasteiger partial charge >= 0.3 is 26.3 Å². The Bertz CT molecular complexity index is 3620. The number of sulfonamides is 1. The fourth-order valence-corrected chi connectivity index (χ4v) is 10.2. The van der Waals surface area contributed by atoms with E-state index in [1.165, 1.54) is 13.8 Å². The van der Waals surface area contributed by atoms with Crippen LogP contribution in [0, 0.1) is 29.4 Å². The lowest BCUT2D eigenvalue weighted by atomic mass is 9.93. The zero-order chi connectivity index (χ0) is 58.7. The van der Waals surface area contributed by atoms with Gasteiger partial charge in [-0.25, -0.2) is 44.5 Å². The molecule has 1 fully saturated rings. The average molecular weight is 1210 g/mol. The number of hydrogen-bond acceptors (Lipinski definition) is 13. The minimum absolute atomic E-state index is 0.0101. The molecule has 1 saturated carbocycles. The van der Waals surface area contributed by atoms with Crippen molar-refractivity contribution >= 4 is 73.9 Å². The summed E-state index contributed by atoms with van der Waals surface area (Å²) in [6, 6.07) is 4.45. The number of anilines is 1. The van der Waals surface area contributed by atoms with E-state index < -0.39 is 194 Å². The van der Waals surface area contributed by atoms with Gasteiger partial charge in [-0.2, -0.15) is 49.6 Å². The summed E-state index contributed by atoms with van der Waals surface area (Å²) >= 11 is 6.64. The van der Waals surface area contributed by atoms with Crippen LogP contribution in [0.25, 0.3) is 22.0 Å². The van der Waals surface area contributed by atoms with Crippen molar-refractivity contribution in [1.82, 2.24) is 35.2 Å². The van der Waals surface area contributed by atoms with Crippen molar-refractivity contribution < 1.29 is 98.7 Å². The summed E-state index contributed by atoms with van der Waals surface area (Å²) in [5.74, 6) is -7.69. The van der Waals surface area contributed by atoms with Crippen LogP contribution in [-0.4, -0.2) is 106 Å². The van der Waals surface area contributed by atoms with Crippen molar-refractivity contribution in [3.05, 3.63) is 93.0 Å². The fraction of sp³-hybridized carbons (Fsp3) is 0.422. The molecular formula is C45H42ClF10N8O12PS2. The van der Waals surface area contributed by atoms with Crippen LogP contribution >= 0.6 is 19.4 Å². The minimum Gasteiger partial charge on any atom is -0.422 e. The fourth-order valence-electron chi connectivity index (χ4n) is 8.59. The molecule has 3 heterocycles. The van der Waals surface area contributed by atoms with E-state index in [4.69, 9.17) is 21.4 Å². The normalized spacial score (nSPS) is 16.6. The number of fused-ring (bicyclic) bond motifs is 4. The highest BCUT2D eigenvalue weighted by Gasteiger charge is 2.68. The highest BCUT2D eigenvalue weighted by atomic mass is 35.5. The summed E-state index contributed by atoms with van der Waals surface area (Å²) in [6.45, 7) is -2.64. The Balaban J connectivity index is 1.40. The second-order valence-electron chi connectivity index (χ2n) is 18.6. The first-order chi connectivity index (χ1) is 36.3. The molecule has 1 unspecified atom stereocenters. The number of amides is 3. The molecule has 2 aliphatic carbocycles. The first-order valence-electron chi connectivity index (χ1n) is 22.7. The molecule has 0 spiro atoms. The van der Waals surface area contributed by atoms with E-state index in [0.717, 1.165) is 42.7 Å². The summed E-state index contributed by atoms with van der Waals surface area (Å²) in [6.07, 6.45) is -12.7. The summed E-state index contributed by atoms with van der Waals surface area (Å²) in [4.78, 5) is 62.0. The van der Waals surface area contributed by atoms with E-state index in [9.17, 15) is 70.9 Å². The molecule has 4 N–H and O–H groups in total. The number of sulfone groups is 1. The summed E-state index contributed by atoms with van der Waals surface area (Å²) < 4.78 is 218. The number of carbonyl (C=O) groups excluding carboxylic acids is 3. The molecule has 0 bridgehead atoms. The molecule has 0 aliphatic heterocycles. The third-order valence-corrected chi connectivity index (χ3v) is 16.1.